The minimum Gasteiger partial charge on any atom is -0.507 e. The Hall–Kier alpha value is -3.99. The number of hydrogen-bond donors (Lipinski definition) is 1. The van der Waals surface area contributed by atoms with Gasteiger partial charge in [-0.15, -0.1) is 10.2 Å². The van der Waals surface area contributed by atoms with Crippen LogP contribution in [-0.2, 0) is 9.59 Å². The van der Waals surface area contributed by atoms with Crippen molar-refractivity contribution in [3.05, 3.63) is 85.7 Å². The quantitative estimate of drug-likeness (QED) is 0.209. The van der Waals surface area contributed by atoms with Gasteiger partial charge in [0.15, 0.2) is 0 Å². The Labute approximate surface area is 184 Å². The molecule has 0 saturated carbocycles. The molecule has 3 aromatic rings. The smallest absolute Gasteiger partial charge is 0.301 e. The number of non-ortho nitro benzene ring substituents is 1. The first-order valence-electron chi connectivity index (χ1n) is 9.31. The van der Waals surface area contributed by atoms with Gasteiger partial charge in [-0.3, -0.25) is 24.6 Å². The first kappa shape index (κ1) is 21.2. The zero-order valence-corrected chi connectivity index (χ0v) is 17.6. The lowest BCUT2D eigenvalue weighted by atomic mass is 9.95. The van der Waals surface area contributed by atoms with Crippen LogP contribution in [0.3, 0.4) is 0 Å². The Morgan fingerprint density at radius 3 is 2.41 bits per heavy atom. The van der Waals surface area contributed by atoms with Crippen LogP contribution >= 0.6 is 11.3 Å². The molecule has 1 aliphatic rings. The normalized spacial score (nSPS) is 17.7. The third-order valence-corrected chi connectivity index (χ3v) is 5.87. The molecule has 1 N–H and O–H groups in total. The standard InChI is InChI=1S/C21H15FN4O5S/c1-10-3-4-13(9-15(10)22)18(27)16-17(12-5-7-14(8-6-12)26(30)31)25(20(29)19(16)28)21-24-23-11(2)32-21/h3-9,17,27H,1-2H3. The molecule has 1 aromatic heterocycles. The number of benzene rings is 2. The number of aryl methyl sites for hydroxylation is 2. The molecule has 0 aliphatic carbocycles. The molecule has 1 aliphatic heterocycles. The Bertz CT molecular complexity index is 1300. The third-order valence-electron chi connectivity index (χ3n) is 5.03. The minimum atomic E-state index is -1.13. The van der Waals surface area contributed by atoms with Crippen molar-refractivity contribution in [2.45, 2.75) is 19.9 Å². The van der Waals surface area contributed by atoms with Crippen molar-refractivity contribution in [3.63, 3.8) is 0 Å². The highest BCUT2D eigenvalue weighted by molar-refractivity contribution is 7.15. The van der Waals surface area contributed by atoms with Gasteiger partial charge in [0.25, 0.3) is 11.5 Å². The fourth-order valence-corrected chi connectivity index (χ4v) is 4.12. The van der Waals surface area contributed by atoms with Gasteiger partial charge < -0.3 is 5.11 Å². The van der Waals surface area contributed by atoms with E-state index < -0.39 is 34.2 Å². The van der Waals surface area contributed by atoms with Gasteiger partial charge in [0.2, 0.25) is 5.13 Å². The van der Waals surface area contributed by atoms with Crippen LogP contribution in [0.4, 0.5) is 15.2 Å². The fraction of sp³-hybridized carbons (Fsp3) is 0.143. The molecule has 1 atom stereocenters. The van der Waals surface area contributed by atoms with E-state index in [4.69, 9.17) is 0 Å². The van der Waals surface area contributed by atoms with Crippen LogP contribution in [0.5, 0.6) is 0 Å². The van der Waals surface area contributed by atoms with E-state index in [1.165, 1.54) is 36.4 Å². The number of ketones is 1. The second kappa shape index (κ2) is 7.93. The summed E-state index contributed by atoms with van der Waals surface area (Å²) < 4.78 is 14.1. The van der Waals surface area contributed by atoms with E-state index in [2.05, 4.69) is 10.2 Å². The average Bonchev–Trinajstić information content (AvgIpc) is 3.30. The molecule has 0 radical (unpaired) electrons. The lowest BCUT2D eigenvalue weighted by Gasteiger charge is -2.22. The molecular formula is C21H15FN4O5S. The van der Waals surface area contributed by atoms with Gasteiger partial charge in [0.1, 0.15) is 16.6 Å². The molecule has 2 heterocycles. The predicted molar refractivity (Wildman–Crippen MR) is 114 cm³/mol. The van der Waals surface area contributed by atoms with Crippen LogP contribution in [0, 0.1) is 29.8 Å². The molecule has 162 valence electrons. The minimum absolute atomic E-state index is 0.0199. The number of hydrogen-bond acceptors (Lipinski definition) is 8. The number of aliphatic hydroxyl groups is 1. The van der Waals surface area contributed by atoms with E-state index in [9.17, 15) is 29.2 Å². The maximum absolute atomic E-state index is 14.1. The van der Waals surface area contributed by atoms with Crippen LogP contribution in [0.25, 0.3) is 5.76 Å². The van der Waals surface area contributed by atoms with Gasteiger partial charge in [-0.2, -0.15) is 0 Å². The molecule has 1 amide bonds. The Balaban J connectivity index is 1.93. The molecular weight excluding hydrogens is 439 g/mol. The summed E-state index contributed by atoms with van der Waals surface area (Å²) >= 11 is 1.07. The maximum Gasteiger partial charge on any atom is 0.301 e. The summed E-state index contributed by atoms with van der Waals surface area (Å²) in [5, 5.41) is 30.5. The molecule has 1 unspecified atom stereocenters. The summed E-state index contributed by atoms with van der Waals surface area (Å²) in [6.45, 7) is 3.22. The maximum atomic E-state index is 14.1. The van der Waals surface area contributed by atoms with E-state index in [1.54, 1.807) is 13.8 Å². The van der Waals surface area contributed by atoms with Crippen LogP contribution in [0.1, 0.15) is 27.7 Å². The molecule has 0 bridgehead atoms. The second-order valence-corrected chi connectivity index (χ2v) is 8.25. The summed E-state index contributed by atoms with van der Waals surface area (Å²) in [5.74, 6) is -3.08. The van der Waals surface area contributed by atoms with E-state index in [0.717, 1.165) is 22.3 Å². The van der Waals surface area contributed by atoms with E-state index in [1.807, 2.05) is 0 Å². The number of nitro benzene ring substituents is 1. The molecule has 2 aromatic carbocycles. The van der Waals surface area contributed by atoms with Crippen molar-refractivity contribution >= 4 is 39.6 Å². The number of carbonyl (C=O) groups excluding carboxylic acids is 2. The highest BCUT2D eigenvalue weighted by atomic mass is 32.1. The number of Topliss-reactive ketones (excluding diaryl/α,β-unsaturated/α-hetero) is 1. The van der Waals surface area contributed by atoms with Crippen molar-refractivity contribution in [2.75, 3.05) is 4.90 Å². The van der Waals surface area contributed by atoms with Crippen LogP contribution in [0.2, 0.25) is 0 Å². The molecule has 0 spiro atoms. The number of amides is 1. The highest BCUT2D eigenvalue weighted by Gasteiger charge is 2.48. The third kappa shape index (κ3) is 3.52. The second-order valence-electron chi connectivity index (χ2n) is 7.09. The number of carbonyl (C=O) groups is 2. The lowest BCUT2D eigenvalue weighted by molar-refractivity contribution is -0.384. The monoisotopic (exact) mass is 454 g/mol. The Morgan fingerprint density at radius 2 is 1.84 bits per heavy atom. The summed E-state index contributed by atoms with van der Waals surface area (Å²) in [6, 6.07) is 8.04. The molecule has 4 rings (SSSR count). The molecule has 1 saturated heterocycles. The van der Waals surface area contributed by atoms with E-state index in [-0.39, 0.29) is 22.0 Å². The number of anilines is 1. The molecule has 9 nitrogen and oxygen atoms in total. The van der Waals surface area contributed by atoms with E-state index >= 15 is 0 Å². The van der Waals surface area contributed by atoms with Crippen molar-refractivity contribution in [1.29, 1.82) is 0 Å². The van der Waals surface area contributed by atoms with E-state index in [0.29, 0.717) is 16.1 Å². The van der Waals surface area contributed by atoms with Crippen LogP contribution < -0.4 is 4.90 Å². The van der Waals surface area contributed by atoms with Gasteiger partial charge in [-0.25, -0.2) is 4.39 Å². The van der Waals surface area contributed by atoms with Crippen molar-refractivity contribution in [1.82, 2.24) is 10.2 Å². The molecule has 32 heavy (non-hydrogen) atoms. The number of aromatic nitrogens is 2. The number of rotatable bonds is 4. The van der Waals surface area contributed by atoms with Crippen LogP contribution in [-0.4, -0.2) is 31.9 Å². The number of nitro groups is 1. The largest absolute Gasteiger partial charge is 0.507 e. The highest BCUT2D eigenvalue weighted by Crippen LogP contribution is 2.43. The first-order valence-corrected chi connectivity index (χ1v) is 10.1. The summed E-state index contributed by atoms with van der Waals surface area (Å²) in [6.07, 6.45) is 0. The zero-order valence-electron chi connectivity index (χ0n) is 16.8. The van der Waals surface area contributed by atoms with Crippen molar-refractivity contribution in [3.8, 4) is 0 Å². The first-order chi connectivity index (χ1) is 15.2. The predicted octanol–water partition coefficient (Wildman–Crippen LogP) is 3.83. The van der Waals surface area contributed by atoms with Crippen molar-refractivity contribution < 1.29 is 24.0 Å². The summed E-state index contributed by atoms with van der Waals surface area (Å²) in [4.78, 5) is 37.4. The summed E-state index contributed by atoms with van der Waals surface area (Å²) in [7, 11) is 0. The fourth-order valence-electron chi connectivity index (χ4n) is 3.40. The van der Waals surface area contributed by atoms with Gasteiger partial charge in [-0.05, 0) is 43.2 Å². The molecule has 1 fully saturated rings. The molecule has 11 heteroatoms. The van der Waals surface area contributed by atoms with Crippen molar-refractivity contribution in [2.24, 2.45) is 0 Å². The zero-order chi connectivity index (χ0) is 23.2. The Morgan fingerprint density at radius 1 is 1.16 bits per heavy atom. The Kier molecular flexibility index (Phi) is 5.26. The van der Waals surface area contributed by atoms with Gasteiger partial charge in [0, 0.05) is 17.7 Å². The SMILES string of the molecule is Cc1nnc(N2C(=O)C(=O)C(=C(O)c3ccc(C)c(F)c3)C2c2ccc([N+](=O)[O-])cc2)s1. The average molecular weight is 454 g/mol. The topological polar surface area (TPSA) is 127 Å². The van der Waals surface area contributed by atoms with Gasteiger partial charge >= 0.3 is 5.91 Å². The summed E-state index contributed by atoms with van der Waals surface area (Å²) in [5.41, 5.74) is 0.236. The lowest BCUT2D eigenvalue weighted by Crippen LogP contribution is -2.29. The number of halogens is 1. The van der Waals surface area contributed by atoms with Crippen LogP contribution in [0.15, 0.2) is 48.0 Å². The van der Waals surface area contributed by atoms with Gasteiger partial charge in [0.05, 0.1) is 16.5 Å². The number of aliphatic hydroxyl groups excluding tert-OH is 1. The number of nitrogens with zero attached hydrogens (tertiary/aromatic N) is 4. The van der Waals surface area contributed by atoms with Gasteiger partial charge in [-0.1, -0.05) is 23.5 Å².